The molecule has 3 aromatic rings. The normalized spacial score (nSPS) is 18.7. The monoisotopic (exact) mass is 593 g/mol. The van der Waals surface area contributed by atoms with Gasteiger partial charge >= 0.3 is 0 Å². The molecule has 2 atom stereocenters. The summed E-state index contributed by atoms with van der Waals surface area (Å²) in [4.78, 5) is 5.07. The number of hydrogen-bond acceptors (Lipinski definition) is 5. The molecular formula is C26H36BrN3O4SSi. The Labute approximate surface area is 223 Å². The summed E-state index contributed by atoms with van der Waals surface area (Å²) < 4.78 is 43.8. The van der Waals surface area contributed by atoms with Crippen molar-refractivity contribution in [3.63, 3.8) is 0 Å². The molecule has 1 saturated carbocycles. The Morgan fingerprint density at radius 1 is 1.14 bits per heavy atom. The van der Waals surface area contributed by atoms with E-state index in [1.807, 2.05) is 25.3 Å². The van der Waals surface area contributed by atoms with Gasteiger partial charge in [0.05, 0.1) is 22.0 Å². The van der Waals surface area contributed by atoms with Crippen molar-refractivity contribution in [1.82, 2.24) is 14.3 Å². The number of nitrogens with one attached hydrogen (secondary N) is 1. The molecule has 1 aliphatic rings. The van der Waals surface area contributed by atoms with Gasteiger partial charge in [0.2, 0.25) is 15.9 Å². The lowest BCUT2D eigenvalue weighted by Gasteiger charge is -2.22. The van der Waals surface area contributed by atoms with E-state index in [0.717, 1.165) is 53.0 Å². The Balaban J connectivity index is 1.43. The number of ether oxygens (including phenoxy) is 2. The highest BCUT2D eigenvalue weighted by atomic mass is 79.9. The van der Waals surface area contributed by atoms with Crippen LogP contribution in [0.4, 0.5) is 0 Å². The summed E-state index contributed by atoms with van der Waals surface area (Å²) in [7, 11) is -4.73. The summed E-state index contributed by atoms with van der Waals surface area (Å²) in [5, 5.41) is 1.01. The van der Waals surface area contributed by atoms with Gasteiger partial charge in [0.1, 0.15) is 11.8 Å². The zero-order chi connectivity index (χ0) is 25.9. The molecule has 1 N–H and O–H groups in total. The average molecular weight is 595 g/mol. The van der Waals surface area contributed by atoms with E-state index in [9.17, 15) is 8.42 Å². The standard InChI is InChI=1S/C26H36BrN3O4SSi/c1-19-8-10-21(11-9-19)35(31,32)29-23-6-5-7-24(23)34-26-22(27)18-20-12-13-30(25(20)28-26)14-15-33-16-17-36(2,3)4/h8-13,18,23-24,29H,5-7,14-17H2,1-4H3/t23-,24-/m1/s1. The lowest BCUT2D eigenvalue weighted by molar-refractivity contribution is 0.139. The quantitative estimate of drug-likeness (QED) is 0.226. The number of fused-ring (bicyclic) bond motifs is 1. The topological polar surface area (TPSA) is 82.5 Å². The summed E-state index contributed by atoms with van der Waals surface area (Å²) >= 11 is 3.59. The molecule has 0 spiro atoms. The van der Waals surface area contributed by atoms with Crippen LogP contribution in [0.25, 0.3) is 11.0 Å². The molecule has 0 unspecified atom stereocenters. The Morgan fingerprint density at radius 3 is 2.61 bits per heavy atom. The average Bonchev–Trinajstić information content (AvgIpc) is 3.39. The van der Waals surface area contributed by atoms with Gasteiger partial charge in [-0.2, -0.15) is 4.98 Å². The number of aromatic nitrogens is 2. The molecule has 4 rings (SSSR count). The molecule has 0 amide bonds. The van der Waals surface area contributed by atoms with Crippen LogP contribution in [0.3, 0.4) is 0 Å². The second kappa shape index (κ2) is 11.3. The number of benzene rings is 1. The smallest absolute Gasteiger partial charge is 0.240 e. The Morgan fingerprint density at radius 2 is 1.89 bits per heavy atom. The number of halogens is 1. The van der Waals surface area contributed by atoms with Crippen LogP contribution in [0.2, 0.25) is 25.7 Å². The number of aryl methyl sites for hydroxylation is 1. The van der Waals surface area contributed by atoms with Crippen LogP contribution in [-0.4, -0.2) is 51.4 Å². The summed E-state index contributed by atoms with van der Waals surface area (Å²) in [5.74, 6) is 0.480. The van der Waals surface area contributed by atoms with E-state index >= 15 is 0 Å². The predicted octanol–water partition coefficient (Wildman–Crippen LogP) is 5.74. The first-order valence-corrected chi connectivity index (χ1v) is 18.5. The Hall–Kier alpha value is -1.72. The minimum Gasteiger partial charge on any atom is -0.472 e. The van der Waals surface area contributed by atoms with E-state index in [2.05, 4.69) is 44.9 Å². The molecule has 0 saturated heterocycles. The third kappa shape index (κ3) is 6.98. The highest BCUT2D eigenvalue weighted by molar-refractivity contribution is 9.10. The summed E-state index contributed by atoms with van der Waals surface area (Å²) in [6.07, 6.45) is 4.10. The second-order valence-electron chi connectivity index (χ2n) is 10.7. The van der Waals surface area contributed by atoms with Crippen molar-refractivity contribution < 1.29 is 17.9 Å². The van der Waals surface area contributed by atoms with Gasteiger partial charge in [0.15, 0.2) is 0 Å². The first-order valence-electron chi connectivity index (χ1n) is 12.5. The number of nitrogens with zero attached hydrogens (tertiary/aromatic N) is 2. The van der Waals surface area contributed by atoms with Gasteiger partial charge in [-0.3, -0.25) is 0 Å². The van der Waals surface area contributed by atoms with Crippen LogP contribution in [0, 0.1) is 6.92 Å². The maximum atomic E-state index is 12.9. The number of pyridine rings is 1. The third-order valence-electron chi connectivity index (χ3n) is 6.48. The fourth-order valence-corrected chi connectivity index (χ4v) is 6.79. The van der Waals surface area contributed by atoms with Crippen LogP contribution in [0.1, 0.15) is 24.8 Å². The van der Waals surface area contributed by atoms with Gasteiger partial charge in [0, 0.05) is 32.8 Å². The molecule has 1 aromatic carbocycles. The molecule has 1 aliphatic carbocycles. The summed E-state index contributed by atoms with van der Waals surface area (Å²) in [6.45, 7) is 11.1. The first-order chi connectivity index (χ1) is 17.0. The van der Waals surface area contributed by atoms with Gasteiger partial charge < -0.3 is 14.0 Å². The van der Waals surface area contributed by atoms with Crippen LogP contribution >= 0.6 is 15.9 Å². The molecular weight excluding hydrogens is 558 g/mol. The van der Waals surface area contributed by atoms with Gasteiger partial charge in [-0.15, -0.1) is 0 Å². The van der Waals surface area contributed by atoms with E-state index in [1.54, 1.807) is 24.3 Å². The fraction of sp³-hybridized carbons (Fsp3) is 0.500. The van der Waals surface area contributed by atoms with E-state index in [4.69, 9.17) is 14.5 Å². The van der Waals surface area contributed by atoms with Crippen LogP contribution < -0.4 is 9.46 Å². The van der Waals surface area contributed by atoms with Crippen LogP contribution in [0.15, 0.2) is 52.0 Å². The molecule has 0 aliphatic heterocycles. The maximum absolute atomic E-state index is 12.9. The van der Waals surface area contributed by atoms with Crippen molar-refractivity contribution in [1.29, 1.82) is 0 Å². The van der Waals surface area contributed by atoms with E-state index < -0.39 is 18.1 Å². The Bertz CT molecular complexity index is 1290. The lowest BCUT2D eigenvalue weighted by Crippen LogP contribution is -2.42. The highest BCUT2D eigenvalue weighted by Crippen LogP contribution is 2.32. The molecule has 2 aromatic heterocycles. The van der Waals surface area contributed by atoms with Gasteiger partial charge in [-0.1, -0.05) is 37.3 Å². The van der Waals surface area contributed by atoms with Crippen molar-refractivity contribution in [2.75, 3.05) is 13.2 Å². The molecule has 1 fully saturated rings. The molecule has 2 heterocycles. The number of sulfonamides is 1. The Kier molecular flexibility index (Phi) is 8.61. The molecule has 0 bridgehead atoms. The zero-order valence-electron chi connectivity index (χ0n) is 21.5. The molecule has 0 radical (unpaired) electrons. The van der Waals surface area contributed by atoms with E-state index in [-0.39, 0.29) is 17.0 Å². The number of rotatable bonds is 11. The van der Waals surface area contributed by atoms with E-state index in [0.29, 0.717) is 19.0 Å². The predicted molar refractivity (Wildman–Crippen MR) is 150 cm³/mol. The van der Waals surface area contributed by atoms with Crippen LogP contribution in [-0.2, 0) is 21.3 Å². The van der Waals surface area contributed by atoms with Crippen molar-refractivity contribution in [2.24, 2.45) is 0 Å². The molecule has 196 valence electrons. The zero-order valence-corrected chi connectivity index (χ0v) is 24.9. The highest BCUT2D eigenvalue weighted by Gasteiger charge is 2.33. The minimum atomic E-state index is -3.63. The fourth-order valence-electron chi connectivity index (χ4n) is 4.31. The van der Waals surface area contributed by atoms with Gasteiger partial charge in [-0.25, -0.2) is 13.1 Å². The third-order valence-corrected chi connectivity index (χ3v) is 10.3. The van der Waals surface area contributed by atoms with Gasteiger partial charge in [-0.05, 0) is 72.4 Å². The SMILES string of the molecule is Cc1ccc(S(=O)(=O)N[C@@H]2CCC[C@H]2Oc2nc3c(ccn3CCOCC[Si](C)(C)C)cc2Br)cc1. The largest absolute Gasteiger partial charge is 0.472 e. The van der Waals surface area contributed by atoms with Crippen molar-refractivity contribution >= 4 is 45.1 Å². The van der Waals surface area contributed by atoms with Crippen molar-refractivity contribution in [3.05, 3.63) is 52.6 Å². The summed E-state index contributed by atoms with van der Waals surface area (Å²) in [6, 6.07) is 11.8. The first kappa shape index (κ1) is 27.3. The minimum absolute atomic E-state index is 0.268. The molecule has 10 heteroatoms. The molecule has 36 heavy (non-hydrogen) atoms. The lowest BCUT2D eigenvalue weighted by atomic mass is 10.2. The summed E-state index contributed by atoms with van der Waals surface area (Å²) in [5.41, 5.74) is 1.85. The maximum Gasteiger partial charge on any atom is 0.240 e. The van der Waals surface area contributed by atoms with Crippen molar-refractivity contribution in [3.8, 4) is 5.88 Å². The van der Waals surface area contributed by atoms with Crippen LogP contribution in [0.5, 0.6) is 5.88 Å². The van der Waals surface area contributed by atoms with Crippen molar-refractivity contribution in [2.45, 2.75) is 75.5 Å². The van der Waals surface area contributed by atoms with Gasteiger partial charge in [0.25, 0.3) is 0 Å². The number of hydrogen-bond donors (Lipinski definition) is 1. The van der Waals surface area contributed by atoms with E-state index in [1.165, 1.54) is 0 Å². The second-order valence-corrected chi connectivity index (χ2v) is 18.9. The molecule has 7 nitrogen and oxygen atoms in total.